The molecule has 2 N–H and O–H groups in total. The number of benzene rings is 1. The molecule has 0 radical (unpaired) electrons. The van der Waals surface area contributed by atoms with Crippen molar-refractivity contribution in [3.05, 3.63) is 24.3 Å². The van der Waals surface area contributed by atoms with Crippen LogP contribution in [0.4, 0.5) is 5.69 Å². The number of para-hydroxylation sites is 2. The maximum absolute atomic E-state index is 11.9. The molecule has 2 amide bonds. The van der Waals surface area contributed by atoms with Crippen molar-refractivity contribution in [1.29, 1.82) is 0 Å². The van der Waals surface area contributed by atoms with Gasteiger partial charge in [0.1, 0.15) is 5.75 Å². The minimum Gasteiger partial charge on any atom is -0.482 e. The summed E-state index contributed by atoms with van der Waals surface area (Å²) in [5, 5.41) is 11.8. The lowest BCUT2D eigenvalue weighted by molar-refractivity contribution is -0.122. The third kappa shape index (κ3) is 3.72. The Bertz CT molecular complexity index is 514. The van der Waals surface area contributed by atoms with E-state index in [0.717, 1.165) is 0 Å². The van der Waals surface area contributed by atoms with Crippen molar-refractivity contribution in [2.24, 2.45) is 0 Å². The van der Waals surface area contributed by atoms with Gasteiger partial charge in [-0.3, -0.25) is 9.59 Å². The summed E-state index contributed by atoms with van der Waals surface area (Å²) in [5.74, 6) is 0.322. The van der Waals surface area contributed by atoms with Crippen molar-refractivity contribution >= 4 is 17.5 Å². The van der Waals surface area contributed by atoms with Gasteiger partial charge in [-0.2, -0.15) is 0 Å². The fraction of sp³-hybridized carbons (Fsp3) is 0.467. The fourth-order valence-electron chi connectivity index (χ4n) is 2.19. The maximum atomic E-state index is 11.9. The molecule has 0 spiro atoms. The highest BCUT2D eigenvalue weighted by molar-refractivity contribution is 5.98. The average Bonchev–Trinajstić information content (AvgIpc) is 2.51. The van der Waals surface area contributed by atoms with Crippen LogP contribution in [0.2, 0.25) is 0 Å². The van der Waals surface area contributed by atoms with Crippen LogP contribution in [-0.2, 0) is 9.59 Å². The third-order valence-corrected chi connectivity index (χ3v) is 3.45. The number of aliphatic hydroxyl groups is 1. The number of fused-ring (bicyclic) bond motifs is 1. The van der Waals surface area contributed by atoms with Crippen LogP contribution in [0, 0.1) is 0 Å². The Morgan fingerprint density at radius 3 is 2.95 bits per heavy atom. The summed E-state index contributed by atoms with van der Waals surface area (Å²) in [6, 6.07) is 7.03. The Labute approximate surface area is 123 Å². The van der Waals surface area contributed by atoms with Crippen molar-refractivity contribution in [3.8, 4) is 5.75 Å². The Hall–Kier alpha value is -2.08. The van der Waals surface area contributed by atoms with Crippen LogP contribution in [0.1, 0.15) is 19.8 Å². The van der Waals surface area contributed by atoms with Crippen molar-refractivity contribution < 1.29 is 19.4 Å². The van der Waals surface area contributed by atoms with E-state index in [4.69, 9.17) is 9.84 Å². The molecule has 1 heterocycles. The molecule has 1 aliphatic heterocycles. The van der Waals surface area contributed by atoms with Crippen molar-refractivity contribution in [2.75, 3.05) is 24.7 Å². The number of ether oxygens (including phenoxy) is 1. The lowest BCUT2D eigenvalue weighted by atomic mass is 10.2. The summed E-state index contributed by atoms with van der Waals surface area (Å²) < 4.78 is 5.35. The summed E-state index contributed by atoms with van der Waals surface area (Å²) in [6.45, 7) is 2.10. The standard InChI is InChI=1S/C15H20N2O4/c1-2-11(9-18)16-14(19)7-8-17-12-5-3-4-6-13(12)21-10-15(17)20/h3-6,11,18H,2,7-10H2,1H3,(H,16,19). The Kier molecular flexibility index (Phi) is 5.16. The lowest BCUT2D eigenvalue weighted by Crippen LogP contribution is -2.42. The van der Waals surface area contributed by atoms with Gasteiger partial charge in [-0.1, -0.05) is 19.1 Å². The molecule has 1 aromatic carbocycles. The first-order valence-corrected chi connectivity index (χ1v) is 7.08. The molecule has 1 atom stereocenters. The van der Waals surface area contributed by atoms with Crippen LogP contribution in [0.25, 0.3) is 0 Å². The van der Waals surface area contributed by atoms with Crippen LogP contribution in [0.15, 0.2) is 24.3 Å². The average molecular weight is 292 g/mol. The van der Waals surface area contributed by atoms with E-state index in [2.05, 4.69) is 5.32 Å². The topological polar surface area (TPSA) is 78.9 Å². The van der Waals surface area contributed by atoms with Gasteiger partial charge in [-0.25, -0.2) is 0 Å². The zero-order valence-electron chi connectivity index (χ0n) is 12.0. The number of amides is 2. The first-order chi connectivity index (χ1) is 10.2. The number of hydrogen-bond donors (Lipinski definition) is 2. The van der Waals surface area contributed by atoms with Gasteiger partial charge in [0, 0.05) is 13.0 Å². The molecule has 1 aromatic rings. The van der Waals surface area contributed by atoms with Gasteiger partial charge in [-0.15, -0.1) is 0 Å². The minimum absolute atomic E-state index is 0.00709. The second kappa shape index (κ2) is 7.08. The van der Waals surface area contributed by atoms with E-state index in [1.807, 2.05) is 19.1 Å². The van der Waals surface area contributed by atoms with Crippen LogP contribution < -0.4 is 15.0 Å². The maximum Gasteiger partial charge on any atom is 0.265 e. The van der Waals surface area contributed by atoms with Crippen LogP contribution >= 0.6 is 0 Å². The quantitative estimate of drug-likeness (QED) is 0.808. The summed E-state index contributed by atoms with van der Waals surface area (Å²) in [7, 11) is 0. The van der Waals surface area contributed by atoms with E-state index >= 15 is 0 Å². The van der Waals surface area contributed by atoms with E-state index in [1.165, 1.54) is 0 Å². The highest BCUT2D eigenvalue weighted by Crippen LogP contribution is 2.31. The molecular weight excluding hydrogens is 272 g/mol. The molecule has 0 saturated heterocycles. The largest absolute Gasteiger partial charge is 0.482 e. The minimum atomic E-state index is -0.231. The summed E-state index contributed by atoms with van der Waals surface area (Å²) in [6.07, 6.45) is 0.859. The predicted octanol–water partition coefficient (Wildman–Crippen LogP) is 0.689. The molecule has 6 nitrogen and oxygen atoms in total. The molecule has 1 unspecified atom stereocenters. The van der Waals surface area contributed by atoms with Gasteiger partial charge in [0.05, 0.1) is 18.3 Å². The van der Waals surface area contributed by atoms with Gasteiger partial charge in [0.25, 0.3) is 5.91 Å². The van der Waals surface area contributed by atoms with Gasteiger partial charge < -0.3 is 20.1 Å². The monoisotopic (exact) mass is 292 g/mol. The Balaban J connectivity index is 1.96. The number of nitrogens with zero attached hydrogens (tertiary/aromatic N) is 1. The highest BCUT2D eigenvalue weighted by Gasteiger charge is 2.25. The molecule has 0 aliphatic carbocycles. The lowest BCUT2D eigenvalue weighted by Gasteiger charge is -2.29. The number of aliphatic hydroxyl groups excluding tert-OH is 1. The van der Waals surface area contributed by atoms with Gasteiger partial charge in [0.2, 0.25) is 5.91 Å². The van der Waals surface area contributed by atoms with Crippen molar-refractivity contribution in [3.63, 3.8) is 0 Å². The molecular formula is C15H20N2O4. The van der Waals surface area contributed by atoms with Gasteiger partial charge >= 0.3 is 0 Å². The van der Waals surface area contributed by atoms with E-state index in [0.29, 0.717) is 24.4 Å². The molecule has 0 fully saturated rings. The molecule has 0 bridgehead atoms. The van der Waals surface area contributed by atoms with E-state index in [9.17, 15) is 9.59 Å². The van der Waals surface area contributed by atoms with E-state index in [-0.39, 0.29) is 37.5 Å². The molecule has 21 heavy (non-hydrogen) atoms. The van der Waals surface area contributed by atoms with Crippen molar-refractivity contribution in [2.45, 2.75) is 25.8 Å². The van der Waals surface area contributed by atoms with E-state index in [1.54, 1.807) is 17.0 Å². The Morgan fingerprint density at radius 2 is 2.24 bits per heavy atom. The van der Waals surface area contributed by atoms with Gasteiger partial charge in [-0.05, 0) is 18.6 Å². The number of anilines is 1. The highest BCUT2D eigenvalue weighted by atomic mass is 16.5. The van der Waals surface area contributed by atoms with Crippen LogP contribution in [0.5, 0.6) is 5.75 Å². The molecule has 1 aliphatic rings. The number of hydrogen-bond acceptors (Lipinski definition) is 4. The number of nitrogens with one attached hydrogen (secondary N) is 1. The predicted molar refractivity (Wildman–Crippen MR) is 78.2 cm³/mol. The SMILES string of the molecule is CCC(CO)NC(=O)CCN1C(=O)COc2ccccc21. The number of carbonyl (C=O) groups is 2. The molecule has 2 rings (SSSR count). The first kappa shape index (κ1) is 15.3. The van der Waals surface area contributed by atoms with E-state index < -0.39 is 0 Å². The second-order valence-corrected chi connectivity index (χ2v) is 4.91. The molecule has 0 aromatic heterocycles. The zero-order chi connectivity index (χ0) is 15.2. The first-order valence-electron chi connectivity index (χ1n) is 7.08. The summed E-state index contributed by atoms with van der Waals surface area (Å²) in [4.78, 5) is 25.3. The van der Waals surface area contributed by atoms with Gasteiger partial charge in [0.15, 0.2) is 6.61 Å². The number of carbonyl (C=O) groups excluding carboxylic acids is 2. The third-order valence-electron chi connectivity index (χ3n) is 3.45. The van der Waals surface area contributed by atoms with Crippen LogP contribution in [0.3, 0.4) is 0 Å². The smallest absolute Gasteiger partial charge is 0.265 e. The summed E-state index contributed by atoms with van der Waals surface area (Å²) in [5.41, 5.74) is 0.691. The zero-order valence-corrected chi connectivity index (χ0v) is 12.0. The molecule has 6 heteroatoms. The normalized spacial score (nSPS) is 15.1. The second-order valence-electron chi connectivity index (χ2n) is 4.91. The molecule has 114 valence electrons. The van der Waals surface area contributed by atoms with Crippen molar-refractivity contribution in [1.82, 2.24) is 5.32 Å². The van der Waals surface area contributed by atoms with Crippen LogP contribution in [-0.4, -0.2) is 42.7 Å². The fourth-order valence-corrected chi connectivity index (χ4v) is 2.19. The summed E-state index contributed by atoms with van der Waals surface area (Å²) >= 11 is 0. The molecule has 0 saturated carbocycles. The number of rotatable bonds is 6. The Morgan fingerprint density at radius 1 is 1.48 bits per heavy atom.